The zero-order valence-electron chi connectivity index (χ0n) is 2.91. The lowest BCUT2D eigenvalue weighted by Gasteiger charge is -1.91. The molecule has 0 aliphatic heterocycles. The Bertz CT molecular complexity index is 60.6. The first-order valence-corrected chi connectivity index (χ1v) is 3.10. The monoisotopic (exact) mass is 214 g/mol. The van der Waals surface area contributed by atoms with E-state index in [4.69, 9.17) is 11.1 Å². The van der Waals surface area contributed by atoms with Gasteiger partial charge in [-0.15, -0.1) is 0 Å². The topological polar surface area (TPSA) is 49.9 Å². The molecule has 0 saturated heterocycles. The van der Waals surface area contributed by atoms with Gasteiger partial charge in [-0.3, -0.25) is 5.41 Å². The minimum absolute atomic E-state index is 0.0926. The van der Waals surface area contributed by atoms with Gasteiger partial charge in [0, 0.05) is 0 Å². The maximum Gasteiger partial charge on any atom is 0.126 e. The van der Waals surface area contributed by atoms with Crippen LogP contribution in [0.15, 0.2) is 0 Å². The molecule has 4 heteroatoms. The molecule has 0 aliphatic carbocycles. The molecule has 0 atom stereocenters. The molecule has 0 amide bonds. The molecule has 0 unspecified atom stereocenters. The molecule has 3 N–H and O–H groups in total. The van der Waals surface area contributed by atoms with Gasteiger partial charge >= 0.3 is 0 Å². The lowest BCUT2D eigenvalue weighted by molar-refractivity contribution is 1.42. The average molecular weight is 216 g/mol. The quantitative estimate of drug-likeness (QED) is 0.384. The Kier molecular flexibility index (Phi) is 2.76. The molecule has 0 heterocycles. The largest absolute Gasteiger partial charge is 0.386 e. The van der Waals surface area contributed by atoms with Crippen LogP contribution in [0.4, 0.5) is 0 Å². The van der Waals surface area contributed by atoms with Crippen molar-refractivity contribution in [3.8, 4) is 0 Å². The summed E-state index contributed by atoms with van der Waals surface area (Å²) in [5.74, 6) is 0.0926. The summed E-state index contributed by atoms with van der Waals surface area (Å²) < 4.78 is -0.162. The molecular weight excluding hydrogens is 212 g/mol. The summed E-state index contributed by atoms with van der Waals surface area (Å²) in [6.45, 7) is 0. The second-order valence-corrected chi connectivity index (χ2v) is 3.82. The third-order valence-electron chi connectivity index (χ3n) is 0.235. The van der Waals surface area contributed by atoms with Gasteiger partial charge in [0.05, 0.1) is 0 Å². The van der Waals surface area contributed by atoms with Crippen molar-refractivity contribution in [2.45, 2.75) is 3.74 Å². The molecule has 6 heavy (non-hydrogen) atoms. The van der Waals surface area contributed by atoms with Gasteiger partial charge < -0.3 is 5.73 Å². The molecule has 2 nitrogen and oxygen atoms in total. The predicted octanol–water partition coefficient (Wildman–Crippen LogP) is 1.04. The van der Waals surface area contributed by atoms with Crippen LogP contribution in [0.1, 0.15) is 0 Å². The van der Waals surface area contributed by atoms with E-state index in [1.54, 1.807) is 0 Å². The summed E-state index contributed by atoms with van der Waals surface area (Å²) >= 11 is 6.01. The van der Waals surface area contributed by atoms with E-state index < -0.39 is 0 Å². The average Bonchev–Trinajstić information content (AvgIpc) is 1.36. The predicted molar refractivity (Wildman–Crippen MR) is 33.6 cm³/mol. The van der Waals surface area contributed by atoms with Gasteiger partial charge in [-0.1, -0.05) is 31.9 Å². The maximum absolute atomic E-state index is 6.63. The highest BCUT2D eigenvalue weighted by Gasteiger charge is 1.96. The van der Waals surface area contributed by atoms with Crippen LogP contribution in [0.5, 0.6) is 0 Å². The van der Waals surface area contributed by atoms with E-state index >= 15 is 0 Å². The summed E-state index contributed by atoms with van der Waals surface area (Å²) in [5.41, 5.74) is 4.92. The van der Waals surface area contributed by atoms with Crippen molar-refractivity contribution in [2.24, 2.45) is 5.73 Å². The zero-order valence-corrected chi connectivity index (χ0v) is 6.08. The Morgan fingerprint density at radius 1 is 1.67 bits per heavy atom. The van der Waals surface area contributed by atoms with Crippen molar-refractivity contribution in [1.82, 2.24) is 0 Å². The third-order valence-corrected chi connectivity index (χ3v) is 1.22. The molecule has 0 aromatic carbocycles. The SMILES string of the molecule is N=C(N)C(Br)Br. The molecule has 0 rings (SSSR count). The summed E-state index contributed by atoms with van der Waals surface area (Å²) in [6.07, 6.45) is 0. The number of hydrogen-bond donors (Lipinski definition) is 2. The first kappa shape index (κ1) is 6.43. The first-order valence-electron chi connectivity index (χ1n) is 1.26. The second kappa shape index (κ2) is 2.58. The zero-order chi connectivity index (χ0) is 5.15. The van der Waals surface area contributed by atoms with E-state index in [9.17, 15) is 0 Å². The fourth-order valence-corrected chi connectivity index (χ4v) is 0. The van der Waals surface area contributed by atoms with Gasteiger partial charge in [-0.2, -0.15) is 0 Å². The Morgan fingerprint density at radius 3 is 1.83 bits per heavy atom. The Labute approximate surface area is 52.9 Å². The third kappa shape index (κ3) is 2.66. The van der Waals surface area contributed by atoms with Gasteiger partial charge in [0.2, 0.25) is 0 Å². The lowest BCUT2D eigenvalue weighted by Crippen LogP contribution is -2.16. The van der Waals surface area contributed by atoms with Crippen molar-refractivity contribution in [1.29, 1.82) is 5.41 Å². The van der Waals surface area contributed by atoms with Crippen LogP contribution in [0.3, 0.4) is 0 Å². The standard InChI is InChI=1S/C2H4Br2N2/c3-1(4)2(5)6/h1H,(H3,5,6). The van der Waals surface area contributed by atoms with Crippen LogP contribution in [-0.2, 0) is 0 Å². The maximum atomic E-state index is 6.63. The van der Waals surface area contributed by atoms with E-state index in [1.165, 1.54) is 0 Å². The first-order chi connectivity index (χ1) is 2.64. The van der Waals surface area contributed by atoms with Gasteiger partial charge in [0.15, 0.2) is 0 Å². The highest BCUT2D eigenvalue weighted by molar-refractivity contribution is 9.25. The lowest BCUT2D eigenvalue weighted by atomic mass is 10.7. The Balaban J connectivity index is 3.26. The highest BCUT2D eigenvalue weighted by atomic mass is 79.9. The normalized spacial score (nSPS) is 9.17. The highest BCUT2D eigenvalue weighted by Crippen LogP contribution is 2.04. The number of amidine groups is 1. The smallest absolute Gasteiger partial charge is 0.126 e. The summed E-state index contributed by atoms with van der Waals surface area (Å²) in [6, 6.07) is 0. The fraction of sp³-hybridized carbons (Fsp3) is 0.500. The van der Waals surface area contributed by atoms with Crippen LogP contribution in [0.2, 0.25) is 0 Å². The molecule has 0 aliphatic rings. The molecule has 0 radical (unpaired) electrons. The Hall–Kier alpha value is 0.430. The van der Waals surface area contributed by atoms with Gasteiger partial charge in [-0.25, -0.2) is 0 Å². The van der Waals surface area contributed by atoms with Crippen LogP contribution >= 0.6 is 31.9 Å². The molecule has 0 spiro atoms. The summed E-state index contributed by atoms with van der Waals surface area (Å²) in [4.78, 5) is 0. The van der Waals surface area contributed by atoms with Gasteiger partial charge in [-0.05, 0) is 0 Å². The summed E-state index contributed by atoms with van der Waals surface area (Å²) in [7, 11) is 0. The van der Waals surface area contributed by atoms with E-state index in [-0.39, 0.29) is 9.57 Å². The molecule has 0 aromatic heterocycles. The van der Waals surface area contributed by atoms with Crippen molar-refractivity contribution in [3.63, 3.8) is 0 Å². The van der Waals surface area contributed by atoms with E-state index in [2.05, 4.69) is 31.9 Å². The minimum atomic E-state index is -0.162. The molecule has 36 valence electrons. The molecule has 0 bridgehead atoms. The van der Waals surface area contributed by atoms with Crippen LogP contribution in [0.25, 0.3) is 0 Å². The minimum Gasteiger partial charge on any atom is -0.386 e. The number of hydrogen-bond acceptors (Lipinski definition) is 1. The number of alkyl halides is 2. The van der Waals surface area contributed by atoms with Crippen molar-refractivity contribution in [2.75, 3.05) is 0 Å². The second-order valence-electron chi connectivity index (χ2n) is 0.756. The van der Waals surface area contributed by atoms with Crippen molar-refractivity contribution < 1.29 is 0 Å². The molecular formula is C2H4Br2N2. The van der Waals surface area contributed by atoms with Crippen molar-refractivity contribution in [3.05, 3.63) is 0 Å². The molecule has 0 saturated carbocycles. The van der Waals surface area contributed by atoms with Crippen LogP contribution in [0, 0.1) is 5.41 Å². The number of nitrogens with two attached hydrogens (primary N) is 1. The van der Waals surface area contributed by atoms with Gasteiger partial charge in [0.25, 0.3) is 0 Å². The number of nitrogens with one attached hydrogen (secondary N) is 1. The van der Waals surface area contributed by atoms with E-state index in [1.807, 2.05) is 0 Å². The van der Waals surface area contributed by atoms with Gasteiger partial charge in [0.1, 0.15) is 9.57 Å². The summed E-state index contributed by atoms with van der Waals surface area (Å²) in [5, 5.41) is 6.63. The fourth-order valence-electron chi connectivity index (χ4n) is 0. The van der Waals surface area contributed by atoms with E-state index in [0.29, 0.717) is 0 Å². The van der Waals surface area contributed by atoms with Crippen molar-refractivity contribution >= 4 is 37.7 Å². The van der Waals surface area contributed by atoms with Crippen LogP contribution < -0.4 is 5.73 Å². The number of rotatable bonds is 1. The number of halogens is 2. The Morgan fingerprint density at radius 2 is 1.83 bits per heavy atom. The van der Waals surface area contributed by atoms with E-state index in [0.717, 1.165) is 0 Å². The molecule has 0 aromatic rings. The van der Waals surface area contributed by atoms with Crippen LogP contribution in [-0.4, -0.2) is 9.57 Å². The molecule has 0 fully saturated rings.